The van der Waals surface area contributed by atoms with Crippen LogP contribution >= 0.6 is 0 Å². The first-order valence-electron chi connectivity index (χ1n) is 13.0. The molecule has 1 atom stereocenters. The SMILES string of the molecule is CNC(=O)C1CC(n2c(-c3cncc4ccccc34)nc3cccc(C(=O)N[C@@H](C)c4ccccc4)c32)C1. The molecule has 2 N–H and O–H groups in total. The molecule has 1 aliphatic carbocycles. The van der Waals surface area contributed by atoms with Gasteiger partial charge < -0.3 is 15.2 Å². The normalized spacial score (nSPS) is 17.6. The number of hydrogen-bond donors (Lipinski definition) is 2. The van der Waals surface area contributed by atoms with Gasteiger partial charge in [-0.05, 0) is 42.8 Å². The summed E-state index contributed by atoms with van der Waals surface area (Å²) in [7, 11) is 1.67. The van der Waals surface area contributed by atoms with Gasteiger partial charge in [-0.3, -0.25) is 14.6 Å². The number of imidazole rings is 1. The number of carbonyl (C=O) groups excluding carboxylic acids is 2. The Bertz CT molecular complexity index is 1650. The molecule has 2 heterocycles. The van der Waals surface area contributed by atoms with E-state index in [1.807, 2.05) is 86.0 Å². The van der Waals surface area contributed by atoms with Crippen LogP contribution in [-0.2, 0) is 4.79 Å². The summed E-state index contributed by atoms with van der Waals surface area (Å²) in [4.78, 5) is 35.5. The van der Waals surface area contributed by atoms with E-state index >= 15 is 0 Å². The summed E-state index contributed by atoms with van der Waals surface area (Å²) in [6.07, 6.45) is 5.06. The number of benzene rings is 3. The Labute approximate surface area is 220 Å². The largest absolute Gasteiger partial charge is 0.359 e. The summed E-state index contributed by atoms with van der Waals surface area (Å²) in [5.41, 5.74) is 4.05. The standard InChI is InChI=1S/C31H29N5O2/c1-19(20-9-4-3-5-10-20)34-31(38)25-13-8-14-27-28(25)36(23-15-22(16-23)30(37)32-2)29(35-27)26-18-33-17-21-11-6-7-12-24(21)26/h3-14,17-19,22-23H,15-16H2,1-2H3,(H,32,37)(H,34,38)/t19-,22?,23?/m0/s1. The van der Waals surface area contributed by atoms with Gasteiger partial charge in [0.15, 0.2) is 0 Å². The number of aromatic nitrogens is 3. The summed E-state index contributed by atoms with van der Waals surface area (Å²) in [6, 6.07) is 23.6. The van der Waals surface area contributed by atoms with Crippen LogP contribution in [0.3, 0.4) is 0 Å². The van der Waals surface area contributed by atoms with Crippen LogP contribution in [0, 0.1) is 5.92 Å². The van der Waals surface area contributed by atoms with Gasteiger partial charge in [-0.1, -0.05) is 60.7 Å². The van der Waals surface area contributed by atoms with E-state index in [-0.39, 0.29) is 29.8 Å². The molecule has 0 spiro atoms. The van der Waals surface area contributed by atoms with Gasteiger partial charge in [-0.15, -0.1) is 0 Å². The molecule has 7 nitrogen and oxygen atoms in total. The Balaban J connectivity index is 1.48. The minimum absolute atomic E-state index is 0.0387. The minimum Gasteiger partial charge on any atom is -0.359 e. The first-order chi connectivity index (χ1) is 18.5. The zero-order chi connectivity index (χ0) is 26.2. The highest BCUT2D eigenvalue weighted by Gasteiger charge is 2.38. The van der Waals surface area contributed by atoms with Gasteiger partial charge in [-0.25, -0.2) is 4.98 Å². The molecule has 1 fully saturated rings. The van der Waals surface area contributed by atoms with Crippen LogP contribution in [0.5, 0.6) is 0 Å². The van der Waals surface area contributed by atoms with Crippen LogP contribution < -0.4 is 10.6 Å². The Morgan fingerprint density at radius 3 is 2.50 bits per heavy atom. The van der Waals surface area contributed by atoms with Crippen molar-refractivity contribution in [2.75, 3.05) is 7.05 Å². The van der Waals surface area contributed by atoms with E-state index in [0.717, 1.165) is 38.8 Å². The third kappa shape index (κ3) is 4.10. The number of pyridine rings is 1. The first kappa shape index (κ1) is 23.9. The summed E-state index contributed by atoms with van der Waals surface area (Å²) < 4.78 is 2.17. The summed E-state index contributed by atoms with van der Waals surface area (Å²) in [5, 5.41) is 8.00. The highest BCUT2D eigenvalue weighted by Crippen LogP contribution is 2.44. The zero-order valence-corrected chi connectivity index (χ0v) is 21.4. The molecule has 190 valence electrons. The zero-order valence-electron chi connectivity index (χ0n) is 21.4. The molecule has 0 bridgehead atoms. The fraction of sp³-hybridized carbons (Fsp3) is 0.226. The van der Waals surface area contributed by atoms with Gasteiger partial charge in [0.2, 0.25) is 5.91 Å². The van der Waals surface area contributed by atoms with Gasteiger partial charge in [0.25, 0.3) is 5.91 Å². The molecule has 2 amide bonds. The Morgan fingerprint density at radius 2 is 1.71 bits per heavy atom. The molecule has 3 aromatic carbocycles. The first-order valence-corrected chi connectivity index (χ1v) is 13.0. The molecule has 5 aromatic rings. The van der Waals surface area contributed by atoms with Crippen molar-refractivity contribution in [2.24, 2.45) is 5.92 Å². The van der Waals surface area contributed by atoms with Crippen molar-refractivity contribution in [1.29, 1.82) is 0 Å². The quantitative estimate of drug-likeness (QED) is 0.323. The molecule has 0 unspecified atom stereocenters. The maximum Gasteiger partial charge on any atom is 0.253 e. The number of fused-ring (bicyclic) bond motifs is 2. The Hall–Kier alpha value is -4.52. The molecule has 0 saturated heterocycles. The number of carbonyl (C=O) groups is 2. The molecule has 7 heteroatoms. The summed E-state index contributed by atoms with van der Waals surface area (Å²) in [6.45, 7) is 1.98. The molecular formula is C31H29N5O2. The lowest BCUT2D eigenvalue weighted by atomic mass is 9.79. The van der Waals surface area contributed by atoms with E-state index < -0.39 is 0 Å². The third-order valence-corrected chi connectivity index (χ3v) is 7.61. The molecule has 6 rings (SSSR count). The second-order valence-corrected chi connectivity index (χ2v) is 9.93. The van der Waals surface area contributed by atoms with E-state index in [1.54, 1.807) is 7.05 Å². The van der Waals surface area contributed by atoms with E-state index in [2.05, 4.69) is 26.3 Å². The number of hydrogen-bond acceptors (Lipinski definition) is 4. The summed E-state index contributed by atoms with van der Waals surface area (Å²) >= 11 is 0. The van der Waals surface area contributed by atoms with E-state index in [1.165, 1.54) is 0 Å². The summed E-state index contributed by atoms with van der Waals surface area (Å²) in [5.74, 6) is 0.604. The van der Waals surface area contributed by atoms with E-state index in [4.69, 9.17) is 4.98 Å². The molecule has 1 aliphatic rings. The van der Waals surface area contributed by atoms with E-state index in [9.17, 15) is 9.59 Å². The average Bonchev–Trinajstić information content (AvgIpc) is 3.31. The van der Waals surface area contributed by atoms with Crippen LogP contribution in [-0.4, -0.2) is 33.4 Å². The Kier molecular flexibility index (Phi) is 6.12. The predicted octanol–water partition coefficient (Wildman–Crippen LogP) is 5.44. The average molecular weight is 504 g/mol. The van der Waals surface area contributed by atoms with Crippen molar-refractivity contribution in [2.45, 2.75) is 31.8 Å². The Morgan fingerprint density at radius 1 is 0.947 bits per heavy atom. The van der Waals surface area contributed by atoms with Crippen molar-refractivity contribution < 1.29 is 9.59 Å². The lowest BCUT2D eigenvalue weighted by Gasteiger charge is -2.36. The van der Waals surface area contributed by atoms with Gasteiger partial charge >= 0.3 is 0 Å². The van der Waals surface area contributed by atoms with Crippen LogP contribution in [0.1, 0.15) is 47.8 Å². The monoisotopic (exact) mass is 503 g/mol. The maximum atomic E-state index is 13.7. The number of nitrogens with zero attached hydrogens (tertiary/aromatic N) is 3. The van der Waals surface area contributed by atoms with Gasteiger partial charge in [0.05, 0.1) is 22.6 Å². The molecule has 1 saturated carbocycles. The second-order valence-electron chi connectivity index (χ2n) is 9.93. The topological polar surface area (TPSA) is 88.9 Å². The smallest absolute Gasteiger partial charge is 0.253 e. The molecular weight excluding hydrogens is 474 g/mol. The lowest BCUT2D eigenvalue weighted by molar-refractivity contribution is -0.128. The van der Waals surface area contributed by atoms with Crippen LogP contribution in [0.25, 0.3) is 33.2 Å². The van der Waals surface area contributed by atoms with Crippen LogP contribution in [0.4, 0.5) is 0 Å². The lowest BCUT2D eigenvalue weighted by Crippen LogP contribution is -2.38. The fourth-order valence-corrected chi connectivity index (χ4v) is 5.49. The third-order valence-electron chi connectivity index (χ3n) is 7.61. The highest BCUT2D eigenvalue weighted by atomic mass is 16.2. The second kappa shape index (κ2) is 9.74. The van der Waals surface area contributed by atoms with Gasteiger partial charge in [0.1, 0.15) is 5.82 Å². The van der Waals surface area contributed by atoms with Crippen molar-refractivity contribution in [3.8, 4) is 11.4 Å². The van der Waals surface area contributed by atoms with E-state index in [0.29, 0.717) is 18.4 Å². The molecule has 0 aliphatic heterocycles. The highest BCUT2D eigenvalue weighted by molar-refractivity contribution is 6.07. The number of para-hydroxylation sites is 1. The van der Waals surface area contributed by atoms with Crippen LogP contribution in [0.2, 0.25) is 0 Å². The van der Waals surface area contributed by atoms with Crippen LogP contribution in [0.15, 0.2) is 85.2 Å². The minimum atomic E-state index is -0.155. The number of rotatable bonds is 6. The fourth-order valence-electron chi connectivity index (χ4n) is 5.49. The van der Waals surface area contributed by atoms with Gasteiger partial charge in [-0.2, -0.15) is 0 Å². The van der Waals surface area contributed by atoms with Crippen molar-refractivity contribution in [1.82, 2.24) is 25.2 Å². The number of amides is 2. The van der Waals surface area contributed by atoms with Crippen molar-refractivity contribution in [3.63, 3.8) is 0 Å². The van der Waals surface area contributed by atoms with Gasteiger partial charge in [0, 0.05) is 42.4 Å². The molecule has 2 aromatic heterocycles. The predicted molar refractivity (Wildman–Crippen MR) is 149 cm³/mol. The maximum absolute atomic E-state index is 13.7. The van der Waals surface area contributed by atoms with Crippen molar-refractivity contribution >= 4 is 33.6 Å². The number of nitrogens with one attached hydrogen (secondary N) is 2. The van der Waals surface area contributed by atoms with Crippen molar-refractivity contribution in [3.05, 3.63) is 96.3 Å². The molecule has 0 radical (unpaired) electrons. The molecule has 38 heavy (non-hydrogen) atoms.